The van der Waals surface area contributed by atoms with Crippen LogP contribution in [0.15, 0.2) is 0 Å². The van der Waals surface area contributed by atoms with Crippen LogP contribution in [0.3, 0.4) is 0 Å². The van der Waals surface area contributed by atoms with Crippen molar-refractivity contribution in [1.29, 1.82) is 0 Å². The van der Waals surface area contributed by atoms with E-state index in [9.17, 15) is 9.59 Å². The molecule has 0 radical (unpaired) electrons. The fraction of sp³-hybridized carbons (Fsp3) is 0.778. The molecule has 76 valence electrons. The molecule has 13 heavy (non-hydrogen) atoms. The lowest BCUT2D eigenvalue weighted by Gasteiger charge is -2.21. The summed E-state index contributed by atoms with van der Waals surface area (Å²) in [6, 6.07) is 0. The van der Waals surface area contributed by atoms with E-state index in [4.69, 9.17) is 10.8 Å². The molecule has 1 unspecified atom stereocenters. The van der Waals surface area contributed by atoms with E-state index in [1.54, 1.807) is 20.8 Å². The Morgan fingerprint density at radius 1 is 1.46 bits per heavy atom. The number of nitrogens with two attached hydrogens (primary N) is 1. The van der Waals surface area contributed by atoms with Crippen molar-refractivity contribution in [1.82, 2.24) is 0 Å². The Balaban J connectivity index is 4.05. The van der Waals surface area contributed by atoms with Gasteiger partial charge in [0.25, 0.3) is 0 Å². The lowest BCUT2D eigenvalue weighted by Crippen LogP contribution is -2.44. The number of hydrogen-bond acceptors (Lipinski definition) is 3. The molecule has 0 saturated carbocycles. The Labute approximate surface area is 78.1 Å². The molecule has 1 atom stereocenters. The summed E-state index contributed by atoms with van der Waals surface area (Å²) < 4.78 is 0. The molecule has 4 heteroatoms. The molecule has 0 amide bonds. The molecular weight excluding hydrogens is 170 g/mol. The maximum atomic E-state index is 11.5. The number of rotatable bonds is 5. The minimum atomic E-state index is -0.880. The van der Waals surface area contributed by atoms with E-state index in [2.05, 4.69) is 0 Å². The Kier molecular flexibility index (Phi) is 4.07. The second-order valence-corrected chi connectivity index (χ2v) is 3.92. The van der Waals surface area contributed by atoms with E-state index in [1.165, 1.54) is 0 Å². The molecule has 0 bridgehead atoms. The van der Waals surface area contributed by atoms with Gasteiger partial charge >= 0.3 is 5.97 Å². The Morgan fingerprint density at radius 2 is 1.92 bits per heavy atom. The summed E-state index contributed by atoms with van der Waals surface area (Å²) in [6.45, 7) is 4.97. The highest BCUT2D eigenvalue weighted by Crippen LogP contribution is 2.13. The highest BCUT2D eigenvalue weighted by Gasteiger charge is 2.27. The van der Waals surface area contributed by atoms with Crippen molar-refractivity contribution in [3.8, 4) is 0 Å². The lowest BCUT2D eigenvalue weighted by molar-refractivity contribution is -0.137. The van der Waals surface area contributed by atoms with Crippen LogP contribution in [0.5, 0.6) is 0 Å². The summed E-state index contributed by atoms with van der Waals surface area (Å²) in [4.78, 5) is 21.7. The van der Waals surface area contributed by atoms with E-state index in [-0.39, 0.29) is 18.1 Å². The van der Waals surface area contributed by atoms with Gasteiger partial charge in [0.05, 0.1) is 5.54 Å². The first-order valence-corrected chi connectivity index (χ1v) is 4.30. The molecule has 0 aliphatic carbocycles. The minimum absolute atomic E-state index is 0.0169. The van der Waals surface area contributed by atoms with Crippen molar-refractivity contribution in [2.75, 3.05) is 0 Å². The molecule has 0 heterocycles. The van der Waals surface area contributed by atoms with Crippen LogP contribution in [0.25, 0.3) is 0 Å². The number of ketones is 1. The molecule has 0 aliphatic heterocycles. The molecule has 0 saturated heterocycles. The van der Waals surface area contributed by atoms with Crippen molar-refractivity contribution in [2.45, 2.75) is 39.2 Å². The predicted molar refractivity (Wildman–Crippen MR) is 49.3 cm³/mol. The summed E-state index contributed by atoms with van der Waals surface area (Å²) in [5.74, 6) is -1.25. The number of aliphatic carboxylic acids is 1. The van der Waals surface area contributed by atoms with E-state index >= 15 is 0 Å². The average Bonchev–Trinajstić information content (AvgIpc) is 1.96. The maximum absolute atomic E-state index is 11.5. The molecule has 0 aromatic heterocycles. The molecule has 0 aromatic carbocycles. The molecule has 0 aliphatic rings. The average molecular weight is 187 g/mol. The van der Waals surface area contributed by atoms with Crippen molar-refractivity contribution in [2.24, 2.45) is 11.7 Å². The molecular formula is C9H17NO3. The molecule has 0 fully saturated rings. The number of carboxylic acids is 1. The second kappa shape index (κ2) is 4.37. The van der Waals surface area contributed by atoms with Crippen LogP contribution in [-0.2, 0) is 9.59 Å². The van der Waals surface area contributed by atoms with Crippen LogP contribution in [0.2, 0.25) is 0 Å². The van der Waals surface area contributed by atoms with Crippen LogP contribution in [0.4, 0.5) is 0 Å². The molecule has 0 aromatic rings. The number of carbonyl (C=O) groups excluding carboxylic acids is 1. The summed E-state index contributed by atoms with van der Waals surface area (Å²) >= 11 is 0. The maximum Gasteiger partial charge on any atom is 0.303 e. The summed E-state index contributed by atoms with van der Waals surface area (Å²) in [6.07, 6.45) is 0.373. The van der Waals surface area contributed by atoms with Gasteiger partial charge in [-0.25, -0.2) is 0 Å². The van der Waals surface area contributed by atoms with Gasteiger partial charge in [-0.3, -0.25) is 9.59 Å². The van der Waals surface area contributed by atoms with Gasteiger partial charge in [-0.05, 0) is 20.3 Å². The van der Waals surface area contributed by atoms with Gasteiger partial charge in [0.2, 0.25) is 0 Å². The highest BCUT2D eigenvalue weighted by atomic mass is 16.4. The standard InChI is InChI=1S/C9H17NO3/c1-6(4-5-7(11)12)8(13)9(2,3)10/h6H,4-5,10H2,1-3H3,(H,11,12). The first-order valence-electron chi connectivity index (χ1n) is 4.30. The van der Waals surface area contributed by atoms with Gasteiger partial charge in [0.1, 0.15) is 0 Å². The van der Waals surface area contributed by atoms with Gasteiger partial charge in [-0.15, -0.1) is 0 Å². The van der Waals surface area contributed by atoms with Gasteiger partial charge in [0, 0.05) is 12.3 Å². The van der Waals surface area contributed by atoms with Crippen LogP contribution >= 0.6 is 0 Å². The highest BCUT2D eigenvalue weighted by molar-refractivity contribution is 5.89. The van der Waals surface area contributed by atoms with E-state index < -0.39 is 11.5 Å². The van der Waals surface area contributed by atoms with E-state index in [1.807, 2.05) is 0 Å². The topological polar surface area (TPSA) is 80.4 Å². The van der Waals surface area contributed by atoms with Crippen molar-refractivity contribution in [3.63, 3.8) is 0 Å². The largest absolute Gasteiger partial charge is 0.481 e. The van der Waals surface area contributed by atoms with Crippen molar-refractivity contribution < 1.29 is 14.7 Å². The fourth-order valence-electron chi connectivity index (χ4n) is 1.11. The first-order chi connectivity index (χ1) is 5.75. The third-order valence-corrected chi connectivity index (χ3v) is 1.87. The van der Waals surface area contributed by atoms with E-state index in [0.29, 0.717) is 6.42 Å². The predicted octanol–water partition coefficient (Wildman–Crippen LogP) is 0.794. The zero-order chi connectivity index (χ0) is 10.6. The van der Waals surface area contributed by atoms with Gasteiger partial charge in [0.15, 0.2) is 5.78 Å². The summed E-state index contributed by atoms with van der Waals surface area (Å²) in [5.41, 5.74) is 4.73. The van der Waals surface area contributed by atoms with Gasteiger partial charge in [-0.1, -0.05) is 6.92 Å². The third kappa shape index (κ3) is 4.62. The normalized spacial score (nSPS) is 13.8. The van der Waals surface area contributed by atoms with Crippen LogP contribution in [0, 0.1) is 5.92 Å². The number of carbonyl (C=O) groups is 2. The quantitative estimate of drug-likeness (QED) is 0.667. The SMILES string of the molecule is CC(CCC(=O)O)C(=O)C(C)(C)N. The molecule has 4 nitrogen and oxygen atoms in total. The molecule has 0 rings (SSSR count). The zero-order valence-corrected chi connectivity index (χ0v) is 8.33. The zero-order valence-electron chi connectivity index (χ0n) is 8.33. The fourth-order valence-corrected chi connectivity index (χ4v) is 1.11. The minimum Gasteiger partial charge on any atom is -0.481 e. The first kappa shape index (κ1) is 12.1. The smallest absolute Gasteiger partial charge is 0.303 e. The van der Waals surface area contributed by atoms with Crippen LogP contribution in [0.1, 0.15) is 33.6 Å². The van der Waals surface area contributed by atoms with Crippen LogP contribution < -0.4 is 5.73 Å². The Bertz CT molecular complexity index is 205. The molecule has 0 spiro atoms. The monoisotopic (exact) mass is 187 g/mol. The Morgan fingerprint density at radius 3 is 2.23 bits per heavy atom. The van der Waals surface area contributed by atoms with Crippen LogP contribution in [-0.4, -0.2) is 22.4 Å². The third-order valence-electron chi connectivity index (χ3n) is 1.87. The van der Waals surface area contributed by atoms with Gasteiger partial charge < -0.3 is 10.8 Å². The summed E-state index contributed by atoms with van der Waals surface area (Å²) in [7, 11) is 0. The number of Topliss-reactive ketones (excluding diaryl/α,β-unsaturated/α-hetero) is 1. The van der Waals surface area contributed by atoms with Crippen molar-refractivity contribution >= 4 is 11.8 Å². The molecule has 3 N–H and O–H groups in total. The summed E-state index contributed by atoms with van der Waals surface area (Å²) in [5, 5.41) is 8.40. The second-order valence-electron chi connectivity index (χ2n) is 3.92. The Hall–Kier alpha value is -0.900. The lowest BCUT2D eigenvalue weighted by atomic mass is 9.88. The van der Waals surface area contributed by atoms with Crippen molar-refractivity contribution in [3.05, 3.63) is 0 Å². The van der Waals surface area contributed by atoms with E-state index in [0.717, 1.165) is 0 Å². The van der Waals surface area contributed by atoms with Gasteiger partial charge in [-0.2, -0.15) is 0 Å². The number of carboxylic acid groups (broad SMARTS) is 1. The number of hydrogen-bond donors (Lipinski definition) is 2.